The van der Waals surface area contributed by atoms with E-state index < -0.39 is 24.0 Å². The quantitative estimate of drug-likeness (QED) is 0.532. The molecule has 3 rings (SSSR count). The van der Waals surface area contributed by atoms with Crippen molar-refractivity contribution in [2.45, 2.75) is 51.3 Å². The van der Waals surface area contributed by atoms with E-state index in [4.69, 9.17) is 4.74 Å². The minimum absolute atomic E-state index is 0.0916. The first-order valence-electron chi connectivity index (χ1n) is 9.94. The van der Waals surface area contributed by atoms with Gasteiger partial charge in [-0.25, -0.2) is 14.3 Å². The highest BCUT2D eigenvalue weighted by atomic mass is 16.5. The number of aromatic nitrogens is 3. The number of carbonyl (C=O) groups is 3. The molecule has 9 heteroatoms. The predicted octanol–water partition coefficient (Wildman–Crippen LogP) is 2.04. The van der Waals surface area contributed by atoms with Gasteiger partial charge in [-0.15, -0.1) is 5.10 Å². The summed E-state index contributed by atoms with van der Waals surface area (Å²) in [6, 6.07) is 9.31. The number of urea groups is 1. The normalized spacial score (nSPS) is 15.1. The van der Waals surface area contributed by atoms with Crippen molar-refractivity contribution in [2.75, 3.05) is 0 Å². The van der Waals surface area contributed by atoms with Gasteiger partial charge in [-0.1, -0.05) is 48.4 Å². The Morgan fingerprint density at radius 3 is 2.70 bits per heavy atom. The number of nitrogens with zero attached hydrogens (tertiary/aromatic N) is 3. The zero-order chi connectivity index (χ0) is 21.3. The van der Waals surface area contributed by atoms with E-state index in [1.165, 1.54) is 19.1 Å². The summed E-state index contributed by atoms with van der Waals surface area (Å²) >= 11 is 0. The second-order valence-electron chi connectivity index (χ2n) is 7.18. The molecule has 1 aliphatic rings. The van der Waals surface area contributed by atoms with Gasteiger partial charge in [0, 0.05) is 12.1 Å². The van der Waals surface area contributed by atoms with E-state index in [0.29, 0.717) is 12.2 Å². The number of amides is 3. The lowest BCUT2D eigenvalue weighted by Crippen LogP contribution is -2.47. The molecule has 0 aliphatic heterocycles. The van der Waals surface area contributed by atoms with Crippen LogP contribution in [-0.4, -0.2) is 45.0 Å². The summed E-state index contributed by atoms with van der Waals surface area (Å²) in [6.07, 6.45) is 7.16. The summed E-state index contributed by atoms with van der Waals surface area (Å²) in [4.78, 5) is 35.8. The van der Waals surface area contributed by atoms with Gasteiger partial charge in [-0.05, 0) is 31.4 Å². The van der Waals surface area contributed by atoms with Crippen LogP contribution in [0.5, 0.6) is 0 Å². The predicted molar refractivity (Wildman–Crippen MR) is 109 cm³/mol. The average Bonchev–Trinajstić information content (AvgIpc) is 3.39. The molecule has 1 fully saturated rings. The third-order valence-electron chi connectivity index (χ3n) is 4.72. The monoisotopic (exact) mass is 411 g/mol. The van der Waals surface area contributed by atoms with E-state index in [0.717, 1.165) is 31.2 Å². The van der Waals surface area contributed by atoms with Crippen molar-refractivity contribution in [1.82, 2.24) is 25.6 Å². The van der Waals surface area contributed by atoms with Crippen LogP contribution in [0.1, 0.15) is 43.9 Å². The standard InChI is InChI=1S/C21H25N5O4/c1-15(20(28)23-21(29)22-17-9-5-6-10-17)30-19(27)12-11-18-14-26(25-24-18)13-16-7-3-2-4-8-16/h2-4,7-8,11-12,14-15,17H,5-6,9-10,13H2,1H3,(H2,22,23,28,29)/b12-11+/t15-/m0/s1. The Morgan fingerprint density at radius 2 is 1.97 bits per heavy atom. The van der Waals surface area contributed by atoms with Crippen molar-refractivity contribution in [3.63, 3.8) is 0 Å². The molecule has 2 N–H and O–H groups in total. The van der Waals surface area contributed by atoms with Crippen molar-refractivity contribution in [1.29, 1.82) is 0 Å². The Kier molecular flexibility index (Phi) is 7.31. The molecule has 30 heavy (non-hydrogen) atoms. The Labute approximate surface area is 174 Å². The van der Waals surface area contributed by atoms with Crippen LogP contribution in [0.25, 0.3) is 6.08 Å². The van der Waals surface area contributed by atoms with Crippen LogP contribution < -0.4 is 10.6 Å². The van der Waals surface area contributed by atoms with Gasteiger partial charge in [-0.2, -0.15) is 0 Å². The molecular formula is C21H25N5O4. The van der Waals surface area contributed by atoms with Gasteiger partial charge in [0.25, 0.3) is 5.91 Å². The van der Waals surface area contributed by atoms with Crippen molar-refractivity contribution < 1.29 is 19.1 Å². The van der Waals surface area contributed by atoms with Crippen LogP contribution >= 0.6 is 0 Å². The molecule has 0 unspecified atom stereocenters. The Balaban J connectivity index is 1.43. The Bertz CT molecular complexity index is 903. The van der Waals surface area contributed by atoms with Crippen LogP contribution in [0.2, 0.25) is 0 Å². The van der Waals surface area contributed by atoms with Gasteiger partial charge < -0.3 is 10.1 Å². The zero-order valence-electron chi connectivity index (χ0n) is 16.8. The molecule has 1 atom stereocenters. The van der Waals surface area contributed by atoms with Gasteiger partial charge in [0.15, 0.2) is 6.10 Å². The third kappa shape index (κ3) is 6.54. The van der Waals surface area contributed by atoms with Crippen LogP contribution in [-0.2, 0) is 20.9 Å². The molecule has 3 amide bonds. The lowest BCUT2D eigenvalue weighted by Gasteiger charge is -2.15. The second-order valence-corrected chi connectivity index (χ2v) is 7.18. The first kappa shape index (κ1) is 21.2. The molecule has 158 valence electrons. The highest BCUT2D eigenvalue weighted by Crippen LogP contribution is 2.17. The highest BCUT2D eigenvalue weighted by Gasteiger charge is 2.22. The maximum absolute atomic E-state index is 12.0. The van der Waals surface area contributed by atoms with Crippen LogP contribution in [0.3, 0.4) is 0 Å². The molecule has 0 spiro atoms. The van der Waals surface area contributed by atoms with Gasteiger partial charge in [0.1, 0.15) is 5.69 Å². The lowest BCUT2D eigenvalue weighted by atomic mass is 10.2. The number of nitrogens with one attached hydrogen (secondary N) is 2. The van der Waals surface area contributed by atoms with Crippen molar-refractivity contribution in [3.8, 4) is 0 Å². The van der Waals surface area contributed by atoms with E-state index in [1.807, 2.05) is 30.3 Å². The van der Waals surface area contributed by atoms with Crippen molar-refractivity contribution in [3.05, 3.63) is 53.9 Å². The summed E-state index contributed by atoms with van der Waals surface area (Å²) in [7, 11) is 0. The number of rotatable bonds is 7. The summed E-state index contributed by atoms with van der Waals surface area (Å²) < 4.78 is 6.69. The lowest BCUT2D eigenvalue weighted by molar-refractivity contribution is -0.149. The number of ether oxygens (including phenoxy) is 1. The molecule has 1 aromatic heterocycles. The topological polar surface area (TPSA) is 115 Å². The van der Waals surface area contributed by atoms with Crippen molar-refractivity contribution in [2.24, 2.45) is 0 Å². The van der Waals surface area contributed by atoms with Gasteiger partial charge in [0.2, 0.25) is 0 Å². The minimum Gasteiger partial charge on any atom is -0.449 e. The number of benzene rings is 1. The van der Waals surface area contributed by atoms with Crippen LogP contribution in [0, 0.1) is 0 Å². The molecule has 9 nitrogen and oxygen atoms in total. The average molecular weight is 411 g/mol. The maximum Gasteiger partial charge on any atom is 0.331 e. The molecule has 1 saturated carbocycles. The van der Waals surface area contributed by atoms with Crippen LogP contribution in [0.4, 0.5) is 4.79 Å². The van der Waals surface area contributed by atoms with E-state index in [-0.39, 0.29) is 6.04 Å². The summed E-state index contributed by atoms with van der Waals surface area (Å²) in [5.74, 6) is -1.40. The Morgan fingerprint density at radius 1 is 1.23 bits per heavy atom. The number of imide groups is 1. The molecule has 1 aliphatic carbocycles. The fourth-order valence-electron chi connectivity index (χ4n) is 3.16. The van der Waals surface area contributed by atoms with Gasteiger partial charge in [0.05, 0.1) is 12.7 Å². The number of carbonyl (C=O) groups excluding carboxylic acids is 3. The van der Waals surface area contributed by atoms with Crippen molar-refractivity contribution >= 4 is 24.0 Å². The number of hydrogen-bond acceptors (Lipinski definition) is 6. The fraction of sp³-hybridized carbons (Fsp3) is 0.381. The molecule has 0 radical (unpaired) electrons. The molecule has 0 saturated heterocycles. The van der Waals surface area contributed by atoms with Gasteiger partial charge >= 0.3 is 12.0 Å². The highest BCUT2D eigenvalue weighted by molar-refractivity contribution is 5.98. The minimum atomic E-state index is -1.11. The van der Waals surface area contributed by atoms with Crippen LogP contribution in [0.15, 0.2) is 42.6 Å². The largest absolute Gasteiger partial charge is 0.449 e. The van der Waals surface area contributed by atoms with Gasteiger partial charge in [-0.3, -0.25) is 10.1 Å². The summed E-state index contributed by atoms with van der Waals surface area (Å²) in [5.41, 5.74) is 1.56. The number of esters is 1. The van der Waals surface area contributed by atoms with E-state index in [1.54, 1.807) is 10.9 Å². The first-order chi connectivity index (χ1) is 14.5. The Hall–Kier alpha value is -3.49. The SMILES string of the molecule is C[C@H](OC(=O)/C=C/c1cn(Cc2ccccc2)nn1)C(=O)NC(=O)NC1CCCC1. The first-order valence-corrected chi connectivity index (χ1v) is 9.94. The second kappa shape index (κ2) is 10.3. The molecule has 0 bridgehead atoms. The summed E-state index contributed by atoms with van der Waals surface area (Å²) in [5, 5.41) is 12.9. The van der Waals surface area contributed by atoms with E-state index >= 15 is 0 Å². The molecule has 2 aromatic rings. The summed E-state index contributed by atoms with van der Waals surface area (Å²) in [6.45, 7) is 1.96. The maximum atomic E-state index is 12.0. The zero-order valence-corrected chi connectivity index (χ0v) is 16.8. The molecule has 1 heterocycles. The van der Waals surface area contributed by atoms with E-state index in [2.05, 4.69) is 20.9 Å². The fourth-order valence-corrected chi connectivity index (χ4v) is 3.16. The molecular weight excluding hydrogens is 386 g/mol. The van der Waals surface area contributed by atoms with E-state index in [9.17, 15) is 14.4 Å². The smallest absolute Gasteiger partial charge is 0.331 e. The third-order valence-corrected chi connectivity index (χ3v) is 4.72. The molecule has 1 aromatic carbocycles. The number of hydrogen-bond donors (Lipinski definition) is 2.